The lowest BCUT2D eigenvalue weighted by Gasteiger charge is -2.42. The SMILES string of the molecule is CC(=O)OC1C(CO)OC(SCCCO)C(OC(C)=O)C1O. The second-order valence-corrected chi connectivity index (χ2v) is 6.02. The minimum atomic E-state index is -1.31. The number of hydrogen-bond acceptors (Lipinski definition) is 9. The summed E-state index contributed by atoms with van der Waals surface area (Å²) in [6.07, 6.45) is -3.89. The highest BCUT2D eigenvalue weighted by molar-refractivity contribution is 7.99. The number of rotatable bonds is 7. The average Bonchev–Trinajstić information content (AvgIpc) is 2.44. The molecule has 0 amide bonds. The number of thioether (sulfide) groups is 1. The van der Waals surface area contributed by atoms with Crippen LogP contribution in [0.1, 0.15) is 20.3 Å². The molecule has 1 fully saturated rings. The van der Waals surface area contributed by atoms with Gasteiger partial charge >= 0.3 is 11.9 Å². The molecular weight excluding hydrogens is 316 g/mol. The Morgan fingerprint density at radius 1 is 1.14 bits per heavy atom. The van der Waals surface area contributed by atoms with E-state index in [0.717, 1.165) is 0 Å². The standard InChI is InChI=1S/C13H22O8S/c1-7(16)19-11-9(6-15)21-13(22-5-3-4-14)12(10(11)18)20-8(2)17/h9-15,18H,3-6H2,1-2H3. The molecule has 0 spiro atoms. The summed E-state index contributed by atoms with van der Waals surface area (Å²) in [5.41, 5.74) is -0.727. The smallest absolute Gasteiger partial charge is 0.303 e. The molecule has 9 heteroatoms. The van der Waals surface area contributed by atoms with Crippen molar-refractivity contribution in [2.75, 3.05) is 19.0 Å². The van der Waals surface area contributed by atoms with Gasteiger partial charge in [-0.1, -0.05) is 0 Å². The molecule has 5 unspecified atom stereocenters. The van der Waals surface area contributed by atoms with Crippen molar-refractivity contribution >= 4 is 23.7 Å². The number of esters is 2. The van der Waals surface area contributed by atoms with Gasteiger partial charge in [0.15, 0.2) is 12.2 Å². The first-order valence-electron chi connectivity index (χ1n) is 6.92. The van der Waals surface area contributed by atoms with Crippen molar-refractivity contribution in [3.8, 4) is 0 Å². The fraction of sp³-hybridized carbons (Fsp3) is 0.846. The third-order valence-corrected chi connectivity index (χ3v) is 4.22. The zero-order valence-corrected chi connectivity index (χ0v) is 13.3. The van der Waals surface area contributed by atoms with Crippen LogP contribution in [0.15, 0.2) is 0 Å². The van der Waals surface area contributed by atoms with Gasteiger partial charge in [0, 0.05) is 20.5 Å². The lowest BCUT2D eigenvalue weighted by molar-refractivity contribution is -0.227. The Hall–Kier alpha value is -0.870. The van der Waals surface area contributed by atoms with E-state index in [9.17, 15) is 19.8 Å². The van der Waals surface area contributed by atoms with E-state index >= 15 is 0 Å². The van der Waals surface area contributed by atoms with E-state index in [1.807, 2.05) is 0 Å². The number of aliphatic hydroxyl groups is 3. The van der Waals surface area contributed by atoms with Crippen LogP contribution >= 0.6 is 11.8 Å². The second-order valence-electron chi connectivity index (χ2n) is 4.81. The van der Waals surface area contributed by atoms with E-state index in [-0.39, 0.29) is 6.61 Å². The summed E-state index contributed by atoms with van der Waals surface area (Å²) in [6.45, 7) is 1.91. The Bertz CT molecular complexity index is 377. The highest BCUT2D eigenvalue weighted by Gasteiger charge is 2.48. The van der Waals surface area contributed by atoms with Gasteiger partial charge in [0.2, 0.25) is 0 Å². The molecule has 1 saturated heterocycles. The Balaban J connectivity index is 2.87. The van der Waals surface area contributed by atoms with Crippen LogP contribution in [0.25, 0.3) is 0 Å². The Morgan fingerprint density at radius 2 is 1.73 bits per heavy atom. The minimum absolute atomic E-state index is 0.00000687. The van der Waals surface area contributed by atoms with Gasteiger partial charge in [0.05, 0.1) is 6.61 Å². The summed E-state index contributed by atoms with van der Waals surface area (Å²) in [5, 5.41) is 28.5. The average molecular weight is 338 g/mol. The first kappa shape index (κ1) is 19.2. The molecule has 1 aliphatic heterocycles. The van der Waals surface area contributed by atoms with Gasteiger partial charge in [0.25, 0.3) is 0 Å². The predicted octanol–water partition coefficient (Wildman–Crippen LogP) is -0.956. The predicted molar refractivity (Wildman–Crippen MR) is 77.0 cm³/mol. The maximum atomic E-state index is 11.2. The van der Waals surface area contributed by atoms with Crippen molar-refractivity contribution in [3.63, 3.8) is 0 Å². The highest BCUT2D eigenvalue weighted by Crippen LogP contribution is 2.32. The number of carbonyl (C=O) groups excluding carboxylic acids is 2. The molecule has 0 aromatic heterocycles. The third kappa shape index (κ3) is 5.40. The van der Waals surface area contributed by atoms with Crippen LogP contribution in [0, 0.1) is 0 Å². The Labute approximate surface area is 132 Å². The monoisotopic (exact) mass is 338 g/mol. The van der Waals surface area contributed by atoms with E-state index in [1.165, 1.54) is 25.6 Å². The van der Waals surface area contributed by atoms with E-state index < -0.39 is 48.4 Å². The molecule has 128 valence electrons. The fourth-order valence-corrected chi connectivity index (χ4v) is 3.25. The van der Waals surface area contributed by atoms with Crippen molar-refractivity contribution in [2.24, 2.45) is 0 Å². The molecule has 22 heavy (non-hydrogen) atoms. The summed E-state index contributed by atoms with van der Waals surface area (Å²) >= 11 is 1.24. The van der Waals surface area contributed by atoms with Gasteiger partial charge in [-0.3, -0.25) is 9.59 Å². The lowest BCUT2D eigenvalue weighted by Crippen LogP contribution is -2.60. The van der Waals surface area contributed by atoms with Gasteiger partial charge in [-0.2, -0.15) is 0 Å². The summed E-state index contributed by atoms with van der Waals surface area (Å²) in [4.78, 5) is 22.3. The number of hydrogen-bond donors (Lipinski definition) is 3. The lowest BCUT2D eigenvalue weighted by atomic mass is 10.00. The van der Waals surface area contributed by atoms with Crippen LogP contribution in [-0.2, 0) is 23.8 Å². The Kier molecular flexibility index (Phi) is 8.12. The van der Waals surface area contributed by atoms with Crippen molar-refractivity contribution in [1.82, 2.24) is 0 Å². The van der Waals surface area contributed by atoms with Crippen molar-refractivity contribution in [1.29, 1.82) is 0 Å². The number of ether oxygens (including phenoxy) is 3. The summed E-state index contributed by atoms with van der Waals surface area (Å²) in [5.74, 6) is -0.731. The molecule has 0 aromatic carbocycles. The van der Waals surface area contributed by atoms with Crippen LogP contribution in [0.4, 0.5) is 0 Å². The summed E-state index contributed by atoms with van der Waals surface area (Å²) in [6, 6.07) is 0. The molecule has 1 heterocycles. The van der Waals surface area contributed by atoms with E-state index in [0.29, 0.717) is 12.2 Å². The van der Waals surface area contributed by atoms with Gasteiger partial charge in [0.1, 0.15) is 17.6 Å². The fourth-order valence-electron chi connectivity index (χ4n) is 2.09. The quantitative estimate of drug-likeness (QED) is 0.398. The molecule has 0 radical (unpaired) electrons. The third-order valence-electron chi connectivity index (χ3n) is 2.99. The van der Waals surface area contributed by atoms with Crippen LogP contribution in [0.2, 0.25) is 0 Å². The molecule has 8 nitrogen and oxygen atoms in total. The first-order chi connectivity index (χ1) is 10.4. The van der Waals surface area contributed by atoms with E-state index in [4.69, 9.17) is 19.3 Å². The van der Waals surface area contributed by atoms with Gasteiger partial charge < -0.3 is 29.5 Å². The molecule has 1 aliphatic rings. The van der Waals surface area contributed by atoms with Gasteiger partial charge in [-0.25, -0.2) is 0 Å². The molecule has 1 rings (SSSR count). The molecular formula is C13H22O8S. The van der Waals surface area contributed by atoms with Crippen LogP contribution in [0.3, 0.4) is 0 Å². The van der Waals surface area contributed by atoms with Crippen LogP contribution < -0.4 is 0 Å². The number of aliphatic hydroxyl groups excluding tert-OH is 3. The van der Waals surface area contributed by atoms with E-state index in [2.05, 4.69) is 0 Å². The first-order valence-corrected chi connectivity index (χ1v) is 7.96. The molecule has 3 N–H and O–H groups in total. The van der Waals surface area contributed by atoms with Gasteiger partial charge in [-0.15, -0.1) is 11.8 Å². The van der Waals surface area contributed by atoms with Crippen molar-refractivity contribution in [2.45, 2.75) is 50.1 Å². The summed E-state index contributed by atoms with van der Waals surface area (Å²) < 4.78 is 15.7. The maximum Gasteiger partial charge on any atom is 0.303 e. The molecule has 5 atom stereocenters. The Morgan fingerprint density at radius 3 is 2.23 bits per heavy atom. The molecule has 0 saturated carbocycles. The molecule has 0 aromatic rings. The van der Waals surface area contributed by atoms with E-state index in [1.54, 1.807) is 0 Å². The molecule has 0 aliphatic carbocycles. The topological polar surface area (TPSA) is 123 Å². The maximum absolute atomic E-state index is 11.2. The minimum Gasteiger partial charge on any atom is -0.457 e. The zero-order valence-electron chi connectivity index (χ0n) is 12.5. The normalized spacial score (nSPS) is 31.6. The van der Waals surface area contributed by atoms with Crippen LogP contribution in [-0.4, -0.2) is 76.1 Å². The van der Waals surface area contributed by atoms with Gasteiger partial charge in [-0.05, 0) is 12.2 Å². The second kappa shape index (κ2) is 9.31. The zero-order chi connectivity index (χ0) is 16.7. The summed E-state index contributed by atoms with van der Waals surface area (Å²) in [7, 11) is 0. The largest absolute Gasteiger partial charge is 0.457 e. The highest BCUT2D eigenvalue weighted by atomic mass is 32.2. The molecule has 0 bridgehead atoms. The van der Waals surface area contributed by atoms with Crippen LogP contribution in [0.5, 0.6) is 0 Å². The number of carbonyl (C=O) groups is 2. The van der Waals surface area contributed by atoms with Crippen molar-refractivity contribution < 1.29 is 39.1 Å². The van der Waals surface area contributed by atoms with Crippen molar-refractivity contribution in [3.05, 3.63) is 0 Å².